The molecular weight excluding hydrogens is 304 g/mol. The number of hydrogen-bond donors (Lipinski definition) is 0. The average molecular weight is 336 g/mol. The topological polar surface area (TPSA) is 44.8 Å². The quantitative estimate of drug-likeness (QED) is 0.401. The summed E-state index contributed by atoms with van der Waals surface area (Å²) >= 11 is 0. The van der Waals surface area contributed by atoms with E-state index < -0.39 is 0 Å². The third kappa shape index (κ3) is 7.71. The molecule has 0 heterocycles. The van der Waals surface area contributed by atoms with Crippen molar-refractivity contribution in [2.45, 2.75) is 71.3 Å². The minimum absolute atomic E-state index is 0.00257. The Morgan fingerprint density at radius 3 is 2.33 bits per heavy atom. The van der Waals surface area contributed by atoms with Gasteiger partial charge in [0.25, 0.3) is 0 Å². The second-order valence-electron chi connectivity index (χ2n) is 6.16. The molecule has 0 unspecified atom stereocenters. The first-order valence-electron chi connectivity index (χ1n) is 8.98. The molecule has 0 saturated carbocycles. The van der Waals surface area contributed by atoms with E-state index in [0.717, 1.165) is 42.7 Å². The molecule has 0 spiro atoms. The molecule has 4 heteroatoms. The Morgan fingerprint density at radius 2 is 1.71 bits per heavy atom. The van der Waals surface area contributed by atoms with Gasteiger partial charge in [0.05, 0.1) is 14.2 Å². The zero-order valence-electron chi connectivity index (χ0n) is 15.6. The van der Waals surface area contributed by atoms with Crippen molar-refractivity contribution in [3.63, 3.8) is 0 Å². The van der Waals surface area contributed by atoms with Crippen LogP contribution in [0.2, 0.25) is 0 Å². The van der Waals surface area contributed by atoms with Gasteiger partial charge in [-0.15, -0.1) is 0 Å². The number of benzene rings is 1. The molecule has 1 atom stereocenters. The Bertz CT molecular complexity index is 485. The van der Waals surface area contributed by atoms with Crippen molar-refractivity contribution < 1.29 is 19.0 Å². The summed E-state index contributed by atoms with van der Waals surface area (Å²) in [6.07, 6.45) is 8.74. The minimum atomic E-state index is -0.194. The van der Waals surface area contributed by atoms with Gasteiger partial charge in [-0.3, -0.25) is 4.79 Å². The smallest absolute Gasteiger partial charge is 0.302 e. The SMILES string of the molecule is CCCCCCC[C@H](CCc1ccc(OC)c(OC)c1)OC(C)=O. The van der Waals surface area contributed by atoms with Crippen LogP contribution in [0.5, 0.6) is 11.5 Å². The van der Waals surface area contributed by atoms with Crippen LogP contribution in [0.25, 0.3) is 0 Å². The zero-order chi connectivity index (χ0) is 17.8. The number of carbonyl (C=O) groups is 1. The molecule has 1 aromatic rings. The van der Waals surface area contributed by atoms with Gasteiger partial charge in [-0.1, -0.05) is 38.7 Å². The van der Waals surface area contributed by atoms with Crippen LogP contribution in [0.1, 0.15) is 64.4 Å². The van der Waals surface area contributed by atoms with Crippen molar-refractivity contribution >= 4 is 5.97 Å². The largest absolute Gasteiger partial charge is 0.493 e. The number of aryl methyl sites for hydroxylation is 1. The third-order valence-electron chi connectivity index (χ3n) is 4.17. The first kappa shape index (κ1) is 20.3. The summed E-state index contributed by atoms with van der Waals surface area (Å²) in [7, 11) is 3.27. The zero-order valence-corrected chi connectivity index (χ0v) is 15.6. The summed E-state index contributed by atoms with van der Waals surface area (Å²) in [5.74, 6) is 1.27. The number of unbranched alkanes of at least 4 members (excludes halogenated alkanes) is 4. The maximum Gasteiger partial charge on any atom is 0.302 e. The normalized spacial score (nSPS) is 11.8. The molecule has 24 heavy (non-hydrogen) atoms. The fourth-order valence-electron chi connectivity index (χ4n) is 2.84. The van der Waals surface area contributed by atoms with Crippen LogP contribution in [0.4, 0.5) is 0 Å². The molecule has 0 bridgehead atoms. The summed E-state index contributed by atoms with van der Waals surface area (Å²) in [4.78, 5) is 11.3. The van der Waals surface area contributed by atoms with Crippen LogP contribution in [0.3, 0.4) is 0 Å². The summed E-state index contributed by atoms with van der Waals surface area (Å²) in [6, 6.07) is 5.94. The maximum absolute atomic E-state index is 11.3. The van der Waals surface area contributed by atoms with E-state index in [0.29, 0.717) is 0 Å². The first-order valence-corrected chi connectivity index (χ1v) is 8.98. The lowest BCUT2D eigenvalue weighted by Crippen LogP contribution is -2.17. The van der Waals surface area contributed by atoms with Crippen molar-refractivity contribution in [3.8, 4) is 11.5 Å². The lowest BCUT2D eigenvalue weighted by atomic mass is 10.0. The minimum Gasteiger partial charge on any atom is -0.493 e. The number of hydrogen-bond acceptors (Lipinski definition) is 4. The van der Waals surface area contributed by atoms with Gasteiger partial charge in [0, 0.05) is 6.92 Å². The van der Waals surface area contributed by atoms with Crippen LogP contribution < -0.4 is 9.47 Å². The van der Waals surface area contributed by atoms with Crippen LogP contribution in [-0.2, 0) is 16.0 Å². The molecule has 4 nitrogen and oxygen atoms in total. The van der Waals surface area contributed by atoms with Crippen LogP contribution in [0, 0.1) is 0 Å². The number of ether oxygens (including phenoxy) is 3. The predicted molar refractivity (Wildman–Crippen MR) is 96.8 cm³/mol. The van der Waals surface area contributed by atoms with Gasteiger partial charge in [0.15, 0.2) is 11.5 Å². The molecule has 0 aromatic heterocycles. The van der Waals surface area contributed by atoms with Crippen LogP contribution in [0.15, 0.2) is 18.2 Å². The fourth-order valence-corrected chi connectivity index (χ4v) is 2.84. The molecule has 0 saturated heterocycles. The summed E-state index contributed by atoms with van der Waals surface area (Å²) in [6.45, 7) is 3.70. The Morgan fingerprint density at radius 1 is 1.00 bits per heavy atom. The molecular formula is C20H32O4. The van der Waals surface area contributed by atoms with Gasteiger partial charge < -0.3 is 14.2 Å². The highest BCUT2D eigenvalue weighted by molar-refractivity contribution is 5.66. The maximum atomic E-state index is 11.3. The second kappa shape index (κ2) is 11.8. The van der Waals surface area contributed by atoms with E-state index in [9.17, 15) is 4.79 Å². The molecule has 136 valence electrons. The number of esters is 1. The second-order valence-corrected chi connectivity index (χ2v) is 6.16. The van der Waals surface area contributed by atoms with Crippen molar-refractivity contribution in [1.82, 2.24) is 0 Å². The lowest BCUT2D eigenvalue weighted by molar-refractivity contribution is -0.147. The van der Waals surface area contributed by atoms with Gasteiger partial charge in [0.1, 0.15) is 6.10 Å². The van der Waals surface area contributed by atoms with E-state index in [-0.39, 0.29) is 12.1 Å². The van der Waals surface area contributed by atoms with Crippen LogP contribution in [-0.4, -0.2) is 26.3 Å². The predicted octanol–water partition coefficient (Wildman–Crippen LogP) is 4.93. The number of rotatable bonds is 12. The van der Waals surface area contributed by atoms with Gasteiger partial charge in [-0.05, 0) is 43.4 Å². The van der Waals surface area contributed by atoms with Gasteiger partial charge in [0.2, 0.25) is 0 Å². The highest BCUT2D eigenvalue weighted by Crippen LogP contribution is 2.28. The van der Waals surface area contributed by atoms with Crippen molar-refractivity contribution in [3.05, 3.63) is 23.8 Å². The molecule has 0 N–H and O–H groups in total. The van der Waals surface area contributed by atoms with Crippen LogP contribution >= 0.6 is 0 Å². The Kier molecular flexibility index (Phi) is 9.97. The number of methoxy groups -OCH3 is 2. The summed E-state index contributed by atoms with van der Waals surface area (Å²) in [5, 5.41) is 0. The van der Waals surface area contributed by atoms with E-state index in [1.165, 1.54) is 32.6 Å². The number of carbonyl (C=O) groups excluding carboxylic acids is 1. The molecule has 0 fully saturated rings. The average Bonchev–Trinajstić information content (AvgIpc) is 2.58. The van der Waals surface area contributed by atoms with E-state index in [1.54, 1.807) is 14.2 Å². The van der Waals surface area contributed by atoms with Crippen molar-refractivity contribution in [2.24, 2.45) is 0 Å². The Hall–Kier alpha value is -1.71. The molecule has 0 aliphatic heterocycles. The van der Waals surface area contributed by atoms with Crippen molar-refractivity contribution in [1.29, 1.82) is 0 Å². The van der Waals surface area contributed by atoms with Gasteiger partial charge in [-0.2, -0.15) is 0 Å². The summed E-state index contributed by atoms with van der Waals surface area (Å²) < 4.78 is 16.1. The van der Waals surface area contributed by atoms with E-state index in [2.05, 4.69) is 6.92 Å². The highest BCUT2D eigenvalue weighted by atomic mass is 16.5. The fraction of sp³-hybridized carbons (Fsp3) is 0.650. The molecule has 0 aliphatic carbocycles. The Balaban J connectivity index is 2.52. The van der Waals surface area contributed by atoms with E-state index in [4.69, 9.17) is 14.2 Å². The monoisotopic (exact) mass is 336 g/mol. The van der Waals surface area contributed by atoms with Gasteiger partial charge >= 0.3 is 5.97 Å². The van der Waals surface area contributed by atoms with E-state index >= 15 is 0 Å². The highest BCUT2D eigenvalue weighted by Gasteiger charge is 2.13. The molecule has 1 aromatic carbocycles. The molecule has 0 aliphatic rings. The first-order chi connectivity index (χ1) is 11.6. The van der Waals surface area contributed by atoms with E-state index in [1.807, 2.05) is 18.2 Å². The van der Waals surface area contributed by atoms with Crippen molar-refractivity contribution in [2.75, 3.05) is 14.2 Å². The standard InChI is InChI=1S/C20H32O4/c1-5-6-7-8-9-10-18(24-16(2)21)13-11-17-12-14-19(22-3)20(15-17)23-4/h12,14-15,18H,5-11,13H2,1-4H3/t18-/m1/s1. The molecule has 0 radical (unpaired) electrons. The lowest BCUT2D eigenvalue weighted by Gasteiger charge is -2.17. The summed E-state index contributed by atoms with van der Waals surface area (Å²) in [5.41, 5.74) is 1.16. The molecule has 0 amide bonds. The third-order valence-corrected chi connectivity index (χ3v) is 4.17. The molecule has 1 rings (SSSR count). The Labute approximate surface area is 146 Å². The van der Waals surface area contributed by atoms with Gasteiger partial charge in [-0.25, -0.2) is 0 Å².